The standard InChI is InChI=1S/C18H22F3N3O/c1-12(2)16(25)23-9-7-13(8-10-23)11-24-15-6-4-3-5-14(15)22-17(24)18(19,20)21/h3-6,12-13H,7-11H2,1-2H3. The first-order valence-corrected chi connectivity index (χ1v) is 8.58. The summed E-state index contributed by atoms with van der Waals surface area (Å²) >= 11 is 0. The third-order valence-corrected chi connectivity index (χ3v) is 4.77. The van der Waals surface area contributed by atoms with Gasteiger partial charge in [0.05, 0.1) is 11.0 Å². The van der Waals surface area contributed by atoms with Gasteiger partial charge in [-0.25, -0.2) is 4.98 Å². The summed E-state index contributed by atoms with van der Waals surface area (Å²) in [6.45, 7) is 5.22. The second kappa shape index (κ2) is 6.69. The maximum absolute atomic E-state index is 13.4. The van der Waals surface area contributed by atoms with E-state index in [4.69, 9.17) is 0 Å². The fourth-order valence-electron chi connectivity index (χ4n) is 3.44. The molecule has 3 rings (SSSR count). The number of hydrogen-bond donors (Lipinski definition) is 0. The Labute approximate surface area is 144 Å². The molecule has 1 saturated heterocycles. The fourth-order valence-corrected chi connectivity index (χ4v) is 3.44. The molecule has 0 radical (unpaired) electrons. The predicted octanol–water partition coefficient (Wildman–Crippen LogP) is 3.95. The zero-order chi connectivity index (χ0) is 18.2. The van der Waals surface area contributed by atoms with E-state index < -0.39 is 12.0 Å². The van der Waals surface area contributed by atoms with Crippen molar-refractivity contribution in [2.75, 3.05) is 13.1 Å². The summed E-state index contributed by atoms with van der Waals surface area (Å²) < 4.78 is 41.4. The van der Waals surface area contributed by atoms with Crippen molar-refractivity contribution in [3.63, 3.8) is 0 Å². The third kappa shape index (κ3) is 3.65. The number of amides is 1. The smallest absolute Gasteiger partial charge is 0.342 e. The Kier molecular flexibility index (Phi) is 4.75. The van der Waals surface area contributed by atoms with Gasteiger partial charge in [0.1, 0.15) is 0 Å². The van der Waals surface area contributed by atoms with Crippen molar-refractivity contribution in [1.29, 1.82) is 0 Å². The Morgan fingerprint density at radius 1 is 1.24 bits per heavy atom. The number of hydrogen-bond acceptors (Lipinski definition) is 2. The predicted molar refractivity (Wildman–Crippen MR) is 88.9 cm³/mol. The summed E-state index contributed by atoms with van der Waals surface area (Å²) in [6, 6.07) is 6.69. The van der Waals surface area contributed by atoms with Crippen LogP contribution in [0.5, 0.6) is 0 Å². The van der Waals surface area contributed by atoms with Crippen molar-refractivity contribution in [2.24, 2.45) is 11.8 Å². The van der Waals surface area contributed by atoms with Crippen molar-refractivity contribution >= 4 is 16.9 Å². The molecule has 1 aromatic heterocycles. The van der Waals surface area contributed by atoms with E-state index >= 15 is 0 Å². The van der Waals surface area contributed by atoms with Gasteiger partial charge in [-0.05, 0) is 30.9 Å². The molecule has 4 nitrogen and oxygen atoms in total. The van der Waals surface area contributed by atoms with E-state index in [1.807, 2.05) is 18.7 Å². The SMILES string of the molecule is CC(C)C(=O)N1CCC(Cn2c(C(F)(F)F)nc3ccccc32)CC1. The van der Waals surface area contributed by atoms with Gasteiger partial charge in [-0.3, -0.25) is 4.79 Å². The van der Waals surface area contributed by atoms with E-state index in [9.17, 15) is 18.0 Å². The maximum atomic E-state index is 13.4. The molecule has 1 aromatic carbocycles. The summed E-state index contributed by atoms with van der Waals surface area (Å²) in [4.78, 5) is 17.7. The minimum absolute atomic E-state index is 0.0500. The Balaban J connectivity index is 1.79. The number of benzene rings is 1. The molecule has 0 spiro atoms. The van der Waals surface area contributed by atoms with E-state index in [0.717, 1.165) is 0 Å². The molecule has 7 heteroatoms. The van der Waals surface area contributed by atoms with Crippen molar-refractivity contribution < 1.29 is 18.0 Å². The normalized spacial score (nSPS) is 16.8. The van der Waals surface area contributed by atoms with E-state index in [1.54, 1.807) is 24.3 Å². The second-order valence-corrected chi connectivity index (χ2v) is 6.96. The van der Waals surface area contributed by atoms with E-state index in [-0.39, 0.29) is 24.3 Å². The Bertz CT molecular complexity index is 759. The highest BCUT2D eigenvalue weighted by atomic mass is 19.4. The minimum Gasteiger partial charge on any atom is -0.342 e. The molecule has 2 heterocycles. The zero-order valence-electron chi connectivity index (χ0n) is 14.4. The van der Waals surface area contributed by atoms with E-state index in [0.29, 0.717) is 37.0 Å². The van der Waals surface area contributed by atoms with Crippen molar-refractivity contribution in [3.05, 3.63) is 30.1 Å². The molecule has 0 N–H and O–H groups in total. The van der Waals surface area contributed by atoms with Gasteiger partial charge in [-0.2, -0.15) is 13.2 Å². The number of carbonyl (C=O) groups is 1. The van der Waals surface area contributed by atoms with Gasteiger partial charge in [0.2, 0.25) is 11.7 Å². The van der Waals surface area contributed by atoms with Crippen LogP contribution in [0, 0.1) is 11.8 Å². The number of halogens is 3. The second-order valence-electron chi connectivity index (χ2n) is 6.96. The lowest BCUT2D eigenvalue weighted by Gasteiger charge is -2.33. The number of imidazole rings is 1. The van der Waals surface area contributed by atoms with Gasteiger partial charge >= 0.3 is 6.18 Å². The summed E-state index contributed by atoms with van der Waals surface area (Å²) in [5, 5.41) is 0. The Morgan fingerprint density at radius 3 is 2.48 bits per heavy atom. The molecule has 1 amide bonds. The van der Waals surface area contributed by atoms with Crippen LogP contribution in [0.3, 0.4) is 0 Å². The average Bonchev–Trinajstić information content (AvgIpc) is 2.94. The Hall–Kier alpha value is -2.05. The van der Waals surface area contributed by atoms with Crippen LogP contribution in [0.1, 0.15) is 32.5 Å². The molecule has 2 aromatic rings. The van der Waals surface area contributed by atoms with Crippen LogP contribution in [0.15, 0.2) is 24.3 Å². The highest BCUT2D eigenvalue weighted by molar-refractivity contribution is 5.78. The van der Waals surface area contributed by atoms with Crippen LogP contribution >= 0.6 is 0 Å². The van der Waals surface area contributed by atoms with Crippen LogP contribution in [0.4, 0.5) is 13.2 Å². The molecule has 1 fully saturated rings. The number of aromatic nitrogens is 2. The first kappa shape index (κ1) is 17.8. The first-order valence-electron chi connectivity index (χ1n) is 8.58. The number of nitrogens with zero attached hydrogens (tertiary/aromatic N) is 3. The largest absolute Gasteiger partial charge is 0.449 e. The minimum atomic E-state index is -4.48. The zero-order valence-corrected chi connectivity index (χ0v) is 14.4. The van der Waals surface area contributed by atoms with Gasteiger partial charge in [0, 0.05) is 25.6 Å². The maximum Gasteiger partial charge on any atom is 0.449 e. The number of carbonyl (C=O) groups excluding carboxylic acids is 1. The molecule has 1 aliphatic heterocycles. The quantitative estimate of drug-likeness (QED) is 0.838. The van der Waals surface area contributed by atoms with Gasteiger partial charge in [-0.1, -0.05) is 26.0 Å². The summed E-state index contributed by atoms with van der Waals surface area (Å²) in [7, 11) is 0. The van der Waals surface area contributed by atoms with Crippen molar-refractivity contribution in [3.8, 4) is 0 Å². The van der Waals surface area contributed by atoms with Crippen LogP contribution in [-0.2, 0) is 17.5 Å². The summed E-state index contributed by atoms with van der Waals surface area (Å²) in [6.07, 6.45) is -3.06. The Morgan fingerprint density at radius 2 is 1.88 bits per heavy atom. The van der Waals surface area contributed by atoms with Crippen molar-refractivity contribution in [2.45, 2.75) is 39.4 Å². The molecule has 25 heavy (non-hydrogen) atoms. The molecule has 0 saturated carbocycles. The monoisotopic (exact) mass is 353 g/mol. The molecule has 0 unspecified atom stereocenters. The number of alkyl halides is 3. The topological polar surface area (TPSA) is 38.1 Å². The molecule has 0 bridgehead atoms. The third-order valence-electron chi connectivity index (χ3n) is 4.77. The fraction of sp³-hybridized carbons (Fsp3) is 0.556. The molecule has 136 valence electrons. The lowest BCUT2D eigenvalue weighted by atomic mass is 9.95. The van der Waals surface area contributed by atoms with Crippen LogP contribution in [0.2, 0.25) is 0 Å². The number of likely N-dealkylation sites (tertiary alicyclic amines) is 1. The number of piperidine rings is 1. The molecule has 0 atom stereocenters. The van der Waals surface area contributed by atoms with Crippen molar-refractivity contribution in [1.82, 2.24) is 14.5 Å². The number of para-hydroxylation sites is 2. The average molecular weight is 353 g/mol. The molecular weight excluding hydrogens is 331 g/mol. The summed E-state index contributed by atoms with van der Waals surface area (Å²) in [5.41, 5.74) is 0.873. The van der Waals surface area contributed by atoms with Crippen LogP contribution in [0.25, 0.3) is 11.0 Å². The van der Waals surface area contributed by atoms with Gasteiger partial charge in [0.25, 0.3) is 0 Å². The first-order chi connectivity index (χ1) is 11.8. The highest BCUT2D eigenvalue weighted by Crippen LogP contribution is 2.33. The molecular formula is C18H22F3N3O. The molecule has 0 aliphatic carbocycles. The van der Waals surface area contributed by atoms with E-state index in [1.165, 1.54) is 4.57 Å². The highest BCUT2D eigenvalue weighted by Gasteiger charge is 2.38. The van der Waals surface area contributed by atoms with Gasteiger partial charge < -0.3 is 9.47 Å². The molecule has 1 aliphatic rings. The van der Waals surface area contributed by atoms with Crippen LogP contribution in [-0.4, -0.2) is 33.4 Å². The number of fused-ring (bicyclic) bond motifs is 1. The lowest BCUT2D eigenvalue weighted by molar-refractivity contribution is -0.147. The lowest BCUT2D eigenvalue weighted by Crippen LogP contribution is -2.41. The summed E-state index contributed by atoms with van der Waals surface area (Å²) in [5.74, 6) is -0.669. The van der Waals surface area contributed by atoms with Gasteiger partial charge in [-0.15, -0.1) is 0 Å². The van der Waals surface area contributed by atoms with E-state index in [2.05, 4.69) is 4.98 Å². The van der Waals surface area contributed by atoms with Gasteiger partial charge in [0.15, 0.2) is 0 Å². The number of rotatable bonds is 3. The van der Waals surface area contributed by atoms with Crippen LogP contribution < -0.4 is 0 Å².